The number of phenolic OH excluding ortho intramolecular Hbond substituents is 1. The third-order valence-electron chi connectivity index (χ3n) is 2.05. The van der Waals surface area contributed by atoms with Crippen molar-refractivity contribution in [2.24, 2.45) is 0 Å². The molecule has 0 saturated carbocycles. The quantitative estimate of drug-likeness (QED) is 0.604. The number of nitrogens with zero attached hydrogens (tertiary/aromatic N) is 1. The normalized spacial score (nSPS) is 11.9. The molecule has 2 rings (SSSR count). The Morgan fingerprint density at radius 2 is 2.06 bits per heavy atom. The monoisotopic (exact) mass is 351 g/mol. The highest BCUT2D eigenvalue weighted by atomic mass is 127. The Balaban J connectivity index is 2.95. The molecule has 16 heavy (non-hydrogen) atoms. The number of hydrogen-bond donors (Lipinski definition) is 2. The molecule has 0 aliphatic carbocycles. The second-order valence-electron chi connectivity index (χ2n) is 3.09. The van der Waals surface area contributed by atoms with Gasteiger partial charge < -0.3 is 5.11 Å². The summed E-state index contributed by atoms with van der Waals surface area (Å²) in [5.74, 6) is -0.244. The van der Waals surface area contributed by atoms with E-state index in [0.717, 1.165) is 0 Å². The summed E-state index contributed by atoms with van der Waals surface area (Å²) in [5.41, 5.74) is 0.305. The summed E-state index contributed by atoms with van der Waals surface area (Å²) in [6.45, 7) is 0. The first-order valence-corrected chi connectivity index (χ1v) is 6.67. The van der Waals surface area contributed by atoms with Crippen molar-refractivity contribution in [2.75, 3.05) is 0 Å². The number of aromatic nitrogens is 1. The smallest absolute Gasteiger partial charge is 0.295 e. The van der Waals surface area contributed by atoms with E-state index in [1.54, 1.807) is 34.7 Å². The molecule has 2 N–H and O–H groups in total. The average molecular weight is 351 g/mol. The lowest BCUT2D eigenvalue weighted by Gasteiger charge is -2.06. The second-order valence-corrected chi connectivity index (χ2v) is 5.56. The third-order valence-corrected chi connectivity index (χ3v) is 4.39. The number of rotatable bonds is 1. The first-order valence-electron chi connectivity index (χ1n) is 4.15. The Morgan fingerprint density at radius 1 is 1.38 bits per heavy atom. The van der Waals surface area contributed by atoms with E-state index >= 15 is 0 Å². The van der Waals surface area contributed by atoms with Crippen LogP contribution in [0.1, 0.15) is 0 Å². The van der Waals surface area contributed by atoms with E-state index in [4.69, 9.17) is 4.55 Å². The summed E-state index contributed by atoms with van der Waals surface area (Å²) in [4.78, 5) is 3.62. The van der Waals surface area contributed by atoms with E-state index < -0.39 is 10.1 Å². The van der Waals surface area contributed by atoms with Crippen molar-refractivity contribution in [3.8, 4) is 5.75 Å². The van der Waals surface area contributed by atoms with E-state index in [-0.39, 0.29) is 14.2 Å². The van der Waals surface area contributed by atoms with Crippen molar-refractivity contribution in [1.29, 1.82) is 0 Å². The van der Waals surface area contributed by atoms with Crippen molar-refractivity contribution in [3.05, 3.63) is 28.0 Å². The molecular weight excluding hydrogens is 345 g/mol. The Kier molecular flexibility index (Phi) is 2.76. The van der Waals surface area contributed by atoms with Crippen LogP contribution < -0.4 is 0 Å². The zero-order valence-corrected chi connectivity index (χ0v) is 10.7. The van der Waals surface area contributed by atoms with Crippen LogP contribution in [0.5, 0.6) is 5.75 Å². The molecule has 0 atom stereocenters. The van der Waals surface area contributed by atoms with Gasteiger partial charge in [-0.2, -0.15) is 8.42 Å². The minimum atomic E-state index is -4.34. The summed E-state index contributed by atoms with van der Waals surface area (Å²) >= 11 is 1.65. The highest BCUT2D eigenvalue weighted by Gasteiger charge is 2.19. The van der Waals surface area contributed by atoms with Gasteiger partial charge >= 0.3 is 0 Å². The van der Waals surface area contributed by atoms with Crippen LogP contribution in [0.3, 0.4) is 0 Å². The number of halogens is 1. The molecule has 0 amide bonds. The van der Waals surface area contributed by atoms with Crippen LogP contribution in [-0.2, 0) is 10.1 Å². The minimum absolute atomic E-state index is 0.0614. The Morgan fingerprint density at radius 3 is 2.69 bits per heavy atom. The summed E-state index contributed by atoms with van der Waals surface area (Å²) in [6, 6.07) is 4.49. The fourth-order valence-corrected chi connectivity index (χ4v) is 3.19. The fraction of sp³-hybridized carbons (Fsp3) is 0. The molecule has 0 bridgehead atoms. The number of fused-ring (bicyclic) bond motifs is 1. The highest BCUT2D eigenvalue weighted by Crippen LogP contribution is 2.33. The van der Waals surface area contributed by atoms with Gasteiger partial charge in [-0.3, -0.25) is 9.54 Å². The maximum atomic E-state index is 11.1. The van der Waals surface area contributed by atoms with Crippen LogP contribution in [0, 0.1) is 3.57 Å². The fourth-order valence-electron chi connectivity index (χ4n) is 1.35. The molecule has 0 spiro atoms. The first-order chi connectivity index (χ1) is 7.41. The lowest BCUT2D eigenvalue weighted by Crippen LogP contribution is -2.01. The third kappa shape index (κ3) is 1.85. The number of pyridine rings is 1. The van der Waals surface area contributed by atoms with Gasteiger partial charge in [0.25, 0.3) is 10.1 Å². The summed E-state index contributed by atoms with van der Waals surface area (Å²) in [7, 11) is -4.34. The molecule has 0 aliphatic rings. The predicted octanol–water partition coefficient (Wildman–Crippen LogP) is 1.79. The number of hydrogen-bond acceptors (Lipinski definition) is 4. The van der Waals surface area contributed by atoms with Gasteiger partial charge in [0.15, 0.2) is 5.75 Å². The van der Waals surface area contributed by atoms with Crippen molar-refractivity contribution in [1.82, 2.24) is 4.98 Å². The minimum Gasteiger partial charge on any atom is -0.505 e. The standard InChI is InChI=1S/C9H6INO4S/c10-7-6(16(13,14)15)4-5-2-1-3-11-8(5)9(7)12/h1-4,12H,(H,13,14,15). The van der Waals surface area contributed by atoms with Gasteiger partial charge in [-0.05, 0) is 34.7 Å². The summed E-state index contributed by atoms with van der Waals surface area (Å²) in [5, 5.41) is 10.2. The van der Waals surface area contributed by atoms with Gasteiger partial charge in [0, 0.05) is 11.6 Å². The maximum absolute atomic E-state index is 11.1. The zero-order valence-electron chi connectivity index (χ0n) is 7.75. The summed E-state index contributed by atoms with van der Waals surface area (Å²) < 4.78 is 31.2. The molecule has 2 aromatic rings. The van der Waals surface area contributed by atoms with Crippen molar-refractivity contribution < 1.29 is 18.1 Å². The molecule has 5 nitrogen and oxygen atoms in total. The van der Waals surface area contributed by atoms with Crippen LogP contribution in [0.2, 0.25) is 0 Å². The lowest BCUT2D eigenvalue weighted by molar-refractivity contribution is 0.466. The number of benzene rings is 1. The van der Waals surface area contributed by atoms with Crippen LogP contribution in [0.15, 0.2) is 29.3 Å². The number of aromatic hydroxyl groups is 1. The Labute approximate surface area is 105 Å². The van der Waals surface area contributed by atoms with E-state index in [2.05, 4.69) is 4.98 Å². The van der Waals surface area contributed by atoms with E-state index in [0.29, 0.717) is 10.9 Å². The molecule has 1 aromatic carbocycles. The number of phenols is 1. The zero-order chi connectivity index (χ0) is 11.9. The molecule has 7 heteroatoms. The average Bonchev–Trinajstić information content (AvgIpc) is 2.22. The Hall–Kier alpha value is -0.930. The van der Waals surface area contributed by atoms with Gasteiger partial charge in [-0.1, -0.05) is 6.07 Å². The van der Waals surface area contributed by atoms with E-state index in [1.165, 1.54) is 12.3 Å². The second kappa shape index (κ2) is 3.82. The van der Waals surface area contributed by atoms with Crippen LogP contribution in [0.25, 0.3) is 10.9 Å². The summed E-state index contributed by atoms with van der Waals surface area (Å²) in [6.07, 6.45) is 1.49. The molecule has 84 valence electrons. The van der Waals surface area contributed by atoms with E-state index in [1.807, 2.05) is 0 Å². The van der Waals surface area contributed by atoms with Gasteiger partial charge in [-0.25, -0.2) is 0 Å². The predicted molar refractivity (Wildman–Crippen MR) is 65.9 cm³/mol. The van der Waals surface area contributed by atoms with E-state index in [9.17, 15) is 13.5 Å². The van der Waals surface area contributed by atoms with Gasteiger partial charge in [-0.15, -0.1) is 0 Å². The van der Waals surface area contributed by atoms with Crippen molar-refractivity contribution >= 4 is 43.6 Å². The molecule has 0 unspecified atom stereocenters. The molecule has 0 saturated heterocycles. The molecule has 1 aromatic heterocycles. The molecule has 0 radical (unpaired) electrons. The molecular formula is C9H6INO4S. The highest BCUT2D eigenvalue weighted by molar-refractivity contribution is 14.1. The largest absolute Gasteiger partial charge is 0.505 e. The lowest BCUT2D eigenvalue weighted by atomic mass is 10.2. The van der Waals surface area contributed by atoms with Gasteiger partial charge in [0.2, 0.25) is 0 Å². The van der Waals surface area contributed by atoms with Crippen LogP contribution >= 0.6 is 22.6 Å². The topological polar surface area (TPSA) is 87.5 Å². The molecule has 0 aliphatic heterocycles. The first kappa shape index (κ1) is 11.6. The SMILES string of the molecule is O=S(=O)(O)c1cc2cccnc2c(O)c1I. The maximum Gasteiger partial charge on any atom is 0.295 e. The van der Waals surface area contributed by atoms with Crippen LogP contribution in [-0.4, -0.2) is 23.1 Å². The molecule has 0 fully saturated rings. The van der Waals surface area contributed by atoms with Gasteiger partial charge in [0.1, 0.15) is 10.4 Å². The Bertz CT molecular complexity index is 669. The van der Waals surface area contributed by atoms with Gasteiger partial charge in [0.05, 0.1) is 3.57 Å². The molecule has 1 heterocycles. The van der Waals surface area contributed by atoms with Crippen molar-refractivity contribution in [2.45, 2.75) is 4.90 Å². The van der Waals surface area contributed by atoms with Crippen LogP contribution in [0.4, 0.5) is 0 Å². The van der Waals surface area contributed by atoms with Crippen molar-refractivity contribution in [3.63, 3.8) is 0 Å².